The third-order valence-corrected chi connectivity index (χ3v) is 6.81. The monoisotopic (exact) mass is 380 g/mol. The maximum atomic E-state index is 13.3. The van der Waals surface area contributed by atoms with E-state index in [1.54, 1.807) is 12.1 Å². The van der Waals surface area contributed by atoms with Crippen molar-refractivity contribution < 1.29 is 14.3 Å². The van der Waals surface area contributed by atoms with Gasteiger partial charge in [-0.05, 0) is 61.4 Å². The summed E-state index contributed by atoms with van der Waals surface area (Å²) in [4.78, 5) is 17.2. The highest BCUT2D eigenvalue weighted by atomic mass is 19.1. The van der Waals surface area contributed by atoms with Gasteiger partial charge in [0.1, 0.15) is 5.82 Å². The van der Waals surface area contributed by atoms with E-state index in [0.29, 0.717) is 19.4 Å². The maximum absolute atomic E-state index is 13.3. The van der Waals surface area contributed by atoms with E-state index in [1.165, 1.54) is 17.7 Å². The molecule has 3 aliphatic rings. The van der Waals surface area contributed by atoms with E-state index in [0.717, 1.165) is 37.1 Å². The second-order valence-electron chi connectivity index (χ2n) is 8.43. The Morgan fingerprint density at radius 1 is 1.07 bits per heavy atom. The molecule has 3 aliphatic heterocycles. The zero-order valence-corrected chi connectivity index (χ0v) is 15.9. The molecule has 146 valence electrons. The SMILES string of the molecule is O=C(CN1C2CCC1CC(O)(c1ccc(F)cc1)C2)N1CCc2ccccc21. The van der Waals surface area contributed by atoms with E-state index in [9.17, 15) is 14.3 Å². The minimum absolute atomic E-state index is 0.147. The number of anilines is 1. The molecule has 0 spiro atoms. The molecule has 3 heterocycles. The molecule has 2 fully saturated rings. The third-order valence-electron chi connectivity index (χ3n) is 6.81. The lowest BCUT2D eigenvalue weighted by atomic mass is 9.80. The average Bonchev–Trinajstić information content (AvgIpc) is 3.22. The summed E-state index contributed by atoms with van der Waals surface area (Å²) < 4.78 is 13.3. The van der Waals surface area contributed by atoms with Gasteiger partial charge in [0.25, 0.3) is 0 Å². The molecule has 2 saturated heterocycles. The Hall–Kier alpha value is -2.24. The fourth-order valence-corrected chi connectivity index (χ4v) is 5.41. The number of piperidine rings is 1. The van der Waals surface area contributed by atoms with E-state index >= 15 is 0 Å². The number of amides is 1. The Balaban J connectivity index is 1.31. The summed E-state index contributed by atoms with van der Waals surface area (Å²) in [6, 6.07) is 14.7. The summed E-state index contributed by atoms with van der Waals surface area (Å²) in [5.41, 5.74) is 2.13. The van der Waals surface area contributed by atoms with Gasteiger partial charge in [0, 0.05) is 24.3 Å². The van der Waals surface area contributed by atoms with Crippen molar-refractivity contribution in [3.63, 3.8) is 0 Å². The van der Waals surface area contributed by atoms with Gasteiger partial charge in [-0.2, -0.15) is 0 Å². The van der Waals surface area contributed by atoms with Gasteiger partial charge < -0.3 is 10.0 Å². The summed E-state index contributed by atoms with van der Waals surface area (Å²) in [5.74, 6) is -0.140. The van der Waals surface area contributed by atoms with E-state index in [1.807, 2.05) is 23.1 Å². The van der Waals surface area contributed by atoms with E-state index in [4.69, 9.17) is 0 Å². The maximum Gasteiger partial charge on any atom is 0.241 e. The van der Waals surface area contributed by atoms with Gasteiger partial charge in [-0.25, -0.2) is 4.39 Å². The van der Waals surface area contributed by atoms with Gasteiger partial charge >= 0.3 is 0 Å². The standard InChI is InChI=1S/C23H25FN2O2/c24-18-7-5-17(6-8-18)23(28)13-19-9-10-20(14-23)26(19)15-22(27)25-12-11-16-3-1-2-4-21(16)25/h1-8,19-20,28H,9-15H2. The Kier molecular flexibility index (Phi) is 4.25. The highest BCUT2D eigenvalue weighted by Gasteiger charge is 2.49. The number of carbonyl (C=O) groups is 1. The predicted molar refractivity (Wildman–Crippen MR) is 106 cm³/mol. The van der Waals surface area contributed by atoms with Crippen LogP contribution in [0.4, 0.5) is 10.1 Å². The highest BCUT2D eigenvalue weighted by molar-refractivity contribution is 5.96. The van der Waals surface area contributed by atoms with Crippen molar-refractivity contribution in [1.82, 2.24) is 4.90 Å². The normalized spacial score (nSPS) is 29.1. The van der Waals surface area contributed by atoms with Crippen molar-refractivity contribution in [2.45, 2.75) is 49.8 Å². The Morgan fingerprint density at radius 3 is 2.46 bits per heavy atom. The molecular weight excluding hydrogens is 355 g/mol. The first kappa shape index (κ1) is 17.8. The van der Waals surface area contributed by atoms with Crippen LogP contribution in [0.2, 0.25) is 0 Å². The van der Waals surface area contributed by atoms with Gasteiger partial charge in [-0.15, -0.1) is 0 Å². The zero-order valence-electron chi connectivity index (χ0n) is 15.9. The summed E-state index contributed by atoms with van der Waals surface area (Å²) in [6.07, 6.45) is 4.10. The fraction of sp³-hybridized carbons (Fsp3) is 0.435. The predicted octanol–water partition coefficient (Wildman–Crippen LogP) is 3.23. The topological polar surface area (TPSA) is 43.8 Å². The number of benzene rings is 2. The van der Waals surface area contributed by atoms with Crippen molar-refractivity contribution in [3.8, 4) is 0 Å². The van der Waals surface area contributed by atoms with Crippen molar-refractivity contribution in [2.24, 2.45) is 0 Å². The average molecular weight is 380 g/mol. The number of rotatable bonds is 3. The van der Waals surface area contributed by atoms with Crippen LogP contribution in [-0.4, -0.2) is 41.1 Å². The van der Waals surface area contributed by atoms with Gasteiger partial charge in [0.05, 0.1) is 12.1 Å². The molecule has 2 aromatic carbocycles. The molecule has 2 bridgehead atoms. The van der Waals surface area contributed by atoms with Crippen molar-refractivity contribution in [3.05, 3.63) is 65.5 Å². The Bertz CT molecular complexity index is 884. The number of hydrogen-bond donors (Lipinski definition) is 1. The van der Waals surface area contributed by atoms with Crippen LogP contribution in [0.1, 0.15) is 36.8 Å². The quantitative estimate of drug-likeness (QED) is 0.889. The molecule has 5 rings (SSSR count). The molecule has 5 heteroatoms. The molecule has 28 heavy (non-hydrogen) atoms. The summed E-state index contributed by atoms with van der Waals surface area (Å²) in [5, 5.41) is 11.3. The van der Waals surface area contributed by atoms with Gasteiger partial charge in [-0.3, -0.25) is 9.69 Å². The zero-order chi connectivity index (χ0) is 19.3. The molecular formula is C23H25FN2O2. The Morgan fingerprint density at radius 2 is 1.75 bits per heavy atom. The highest BCUT2D eigenvalue weighted by Crippen LogP contribution is 2.45. The third kappa shape index (κ3) is 2.93. The number of halogens is 1. The lowest BCUT2D eigenvalue weighted by molar-refractivity contribution is -0.123. The molecule has 2 unspecified atom stereocenters. The summed E-state index contributed by atoms with van der Waals surface area (Å²) in [7, 11) is 0. The summed E-state index contributed by atoms with van der Waals surface area (Å²) >= 11 is 0. The largest absolute Gasteiger partial charge is 0.385 e. The second-order valence-corrected chi connectivity index (χ2v) is 8.43. The van der Waals surface area contributed by atoms with Crippen LogP contribution in [0.25, 0.3) is 0 Å². The molecule has 1 N–H and O–H groups in total. The lowest BCUT2D eigenvalue weighted by Gasteiger charge is -2.44. The van der Waals surface area contributed by atoms with Crippen molar-refractivity contribution in [1.29, 1.82) is 0 Å². The van der Waals surface area contributed by atoms with E-state index in [-0.39, 0.29) is 23.8 Å². The number of aliphatic hydroxyl groups is 1. The summed E-state index contributed by atoms with van der Waals surface area (Å²) in [6.45, 7) is 1.16. The smallest absolute Gasteiger partial charge is 0.241 e. The molecule has 2 aromatic rings. The Labute approximate surface area is 164 Å². The van der Waals surface area contributed by atoms with Gasteiger partial charge in [0.15, 0.2) is 0 Å². The van der Waals surface area contributed by atoms with Crippen molar-refractivity contribution in [2.75, 3.05) is 18.0 Å². The fourth-order valence-electron chi connectivity index (χ4n) is 5.41. The molecule has 1 amide bonds. The number of carbonyl (C=O) groups excluding carboxylic acids is 1. The van der Waals surface area contributed by atoms with Gasteiger partial charge in [0.2, 0.25) is 5.91 Å². The number of fused-ring (bicyclic) bond motifs is 3. The van der Waals surface area contributed by atoms with Crippen molar-refractivity contribution >= 4 is 11.6 Å². The van der Waals surface area contributed by atoms with Crippen LogP contribution in [-0.2, 0) is 16.8 Å². The number of hydrogen-bond acceptors (Lipinski definition) is 3. The lowest BCUT2D eigenvalue weighted by Crippen LogP contribution is -2.52. The van der Waals surface area contributed by atoms with Crippen LogP contribution in [0.5, 0.6) is 0 Å². The minimum atomic E-state index is -0.931. The first-order valence-electron chi connectivity index (χ1n) is 10.2. The van der Waals surface area contributed by atoms with Crippen LogP contribution < -0.4 is 4.90 Å². The first-order chi connectivity index (χ1) is 13.5. The number of nitrogens with zero attached hydrogens (tertiary/aromatic N) is 2. The minimum Gasteiger partial charge on any atom is -0.385 e. The first-order valence-corrected chi connectivity index (χ1v) is 10.2. The van der Waals surface area contributed by atoms with Crippen LogP contribution in [0, 0.1) is 5.82 Å². The number of para-hydroxylation sites is 1. The second kappa shape index (κ2) is 6.68. The van der Waals surface area contributed by atoms with Gasteiger partial charge in [-0.1, -0.05) is 30.3 Å². The van der Waals surface area contributed by atoms with Crippen LogP contribution in [0.15, 0.2) is 48.5 Å². The molecule has 0 saturated carbocycles. The molecule has 0 aromatic heterocycles. The molecule has 0 aliphatic carbocycles. The molecule has 4 nitrogen and oxygen atoms in total. The van der Waals surface area contributed by atoms with Crippen LogP contribution in [0.3, 0.4) is 0 Å². The van der Waals surface area contributed by atoms with E-state index < -0.39 is 5.60 Å². The molecule has 0 radical (unpaired) electrons. The van der Waals surface area contributed by atoms with E-state index in [2.05, 4.69) is 11.0 Å². The van der Waals surface area contributed by atoms with Crippen LogP contribution >= 0.6 is 0 Å². The molecule has 2 atom stereocenters.